The van der Waals surface area contributed by atoms with E-state index in [1.165, 1.54) is 24.1 Å². The highest BCUT2D eigenvalue weighted by molar-refractivity contribution is 7.91. The summed E-state index contributed by atoms with van der Waals surface area (Å²) in [5, 5.41) is 23.4. The molecule has 10 heteroatoms. The van der Waals surface area contributed by atoms with Crippen LogP contribution in [0.15, 0.2) is 29.4 Å². The fraction of sp³-hybridized carbons (Fsp3) is 0.500. The number of phenolic OH excluding ortho intramolecular Hbond substituents is 1. The number of hydrazone groups is 1. The average molecular weight is 404 g/mol. The van der Waals surface area contributed by atoms with E-state index in [0.29, 0.717) is 11.3 Å². The van der Waals surface area contributed by atoms with Gasteiger partial charge in [-0.25, -0.2) is 8.42 Å². The Balaban J connectivity index is 2.37. The third kappa shape index (κ3) is 3.94. The molecule has 0 aromatic heterocycles. The van der Waals surface area contributed by atoms with Crippen LogP contribution in [-0.4, -0.2) is 58.7 Å². The van der Waals surface area contributed by atoms with Crippen molar-refractivity contribution in [3.8, 4) is 5.75 Å². The smallest absolute Gasteiger partial charge is 0.325 e. The summed E-state index contributed by atoms with van der Waals surface area (Å²) < 4.78 is 28.2. The lowest BCUT2D eigenvalue weighted by molar-refractivity contribution is -0.144. The van der Waals surface area contributed by atoms with E-state index >= 15 is 0 Å². The van der Waals surface area contributed by atoms with E-state index in [4.69, 9.17) is 11.6 Å². The quantitative estimate of drug-likeness (QED) is 0.467. The second-order valence-electron chi connectivity index (χ2n) is 6.34. The third-order valence-electron chi connectivity index (χ3n) is 4.46. The molecule has 1 aliphatic rings. The molecule has 8 nitrogen and oxygen atoms in total. The maximum Gasteiger partial charge on any atom is 0.325 e. The number of hydrogen-bond donors (Lipinski definition) is 3. The topological polar surface area (TPSA) is 119 Å². The number of nitrogens with one attached hydrogen (secondary N) is 1. The lowest BCUT2D eigenvalue weighted by Crippen LogP contribution is -2.59. The van der Waals surface area contributed by atoms with E-state index in [1.807, 2.05) is 0 Å². The normalized spacial score (nSPS) is 22.8. The van der Waals surface area contributed by atoms with Crippen LogP contribution in [0.5, 0.6) is 5.75 Å². The minimum absolute atomic E-state index is 0.0220. The van der Waals surface area contributed by atoms with E-state index in [2.05, 4.69) is 9.82 Å². The van der Waals surface area contributed by atoms with Gasteiger partial charge < -0.3 is 10.2 Å². The van der Waals surface area contributed by atoms with Gasteiger partial charge in [0.05, 0.1) is 5.71 Å². The number of carboxylic acids is 1. The Labute approximate surface area is 157 Å². The van der Waals surface area contributed by atoms with E-state index in [9.17, 15) is 23.4 Å². The molecule has 0 bridgehead atoms. The van der Waals surface area contributed by atoms with Crippen LogP contribution >= 0.6 is 11.6 Å². The maximum absolute atomic E-state index is 12.9. The van der Waals surface area contributed by atoms with Crippen LogP contribution < -0.4 is 4.72 Å². The first-order valence-electron chi connectivity index (χ1n) is 7.98. The Morgan fingerprint density at radius 3 is 2.38 bits per heavy atom. The van der Waals surface area contributed by atoms with Gasteiger partial charge in [0, 0.05) is 13.5 Å². The lowest BCUT2D eigenvalue weighted by atomic mass is 9.89. The number of sulfonamides is 1. The fourth-order valence-electron chi connectivity index (χ4n) is 2.93. The number of hydrogen-bond acceptors (Lipinski definition) is 6. The summed E-state index contributed by atoms with van der Waals surface area (Å²) in [5.41, 5.74) is -1.80. The van der Waals surface area contributed by atoms with Gasteiger partial charge in [-0.3, -0.25) is 9.80 Å². The lowest BCUT2D eigenvalue weighted by Gasteiger charge is -2.31. The summed E-state index contributed by atoms with van der Waals surface area (Å²) in [4.78, 5) is 12.0. The van der Waals surface area contributed by atoms with E-state index in [0.717, 1.165) is 0 Å². The molecular formula is C16H22ClN3O5S. The molecule has 144 valence electrons. The molecule has 1 aliphatic heterocycles. The monoisotopic (exact) mass is 403 g/mol. The van der Waals surface area contributed by atoms with E-state index in [1.54, 1.807) is 26.1 Å². The van der Waals surface area contributed by atoms with Crippen molar-refractivity contribution >= 4 is 33.3 Å². The maximum atomic E-state index is 12.9. The van der Waals surface area contributed by atoms with Gasteiger partial charge in [-0.2, -0.15) is 9.82 Å². The molecule has 1 aromatic rings. The van der Waals surface area contributed by atoms with Gasteiger partial charge in [0.25, 0.3) is 0 Å². The highest BCUT2D eigenvalue weighted by atomic mass is 35.5. The second kappa shape index (κ2) is 7.42. The van der Waals surface area contributed by atoms with Crippen molar-refractivity contribution in [2.24, 2.45) is 5.10 Å². The summed E-state index contributed by atoms with van der Waals surface area (Å²) in [6, 6.07) is 5.95. The number of rotatable bonds is 7. The van der Waals surface area contributed by atoms with E-state index in [-0.39, 0.29) is 18.6 Å². The first-order valence-corrected chi connectivity index (χ1v) is 9.97. The number of benzene rings is 1. The Morgan fingerprint density at radius 1 is 1.38 bits per heavy atom. The Bertz CT molecular complexity index is 812. The minimum Gasteiger partial charge on any atom is -0.508 e. The molecular weight excluding hydrogens is 382 g/mol. The third-order valence-corrected chi connectivity index (χ3v) is 7.09. The van der Waals surface area contributed by atoms with Crippen LogP contribution in [0, 0.1) is 0 Å². The summed E-state index contributed by atoms with van der Waals surface area (Å²) >= 11 is 6.15. The van der Waals surface area contributed by atoms with Crippen LogP contribution in [0.3, 0.4) is 0 Å². The zero-order chi connectivity index (χ0) is 19.7. The summed E-state index contributed by atoms with van der Waals surface area (Å²) in [6.45, 7) is 3.13. The molecule has 2 unspecified atom stereocenters. The van der Waals surface area contributed by atoms with Crippen molar-refractivity contribution in [2.45, 2.75) is 43.0 Å². The fourth-order valence-corrected chi connectivity index (χ4v) is 5.51. The number of aliphatic carboxylic acids is 1. The SMILES string of the molecule is CC[C@@](Cc1ccc(O)cc1)(NS(=O)(=O)C1C(C)=NN(C)C1Cl)C(=O)O. The van der Waals surface area contributed by atoms with Crippen molar-refractivity contribution in [3.63, 3.8) is 0 Å². The molecule has 0 aliphatic carbocycles. The minimum atomic E-state index is -4.12. The van der Waals surface area contributed by atoms with Crippen molar-refractivity contribution in [3.05, 3.63) is 29.8 Å². The predicted octanol–water partition coefficient (Wildman–Crippen LogP) is 1.34. The Kier molecular flexibility index (Phi) is 5.84. The molecule has 0 spiro atoms. The molecule has 26 heavy (non-hydrogen) atoms. The van der Waals surface area contributed by atoms with Crippen molar-refractivity contribution in [2.75, 3.05) is 7.05 Å². The number of phenols is 1. The molecule has 0 saturated carbocycles. The molecule has 1 aromatic carbocycles. The van der Waals surface area contributed by atoms with Gasteiger partial charge in [0.15, 0.2) is 5.25 Å². The number of carboxylic acid groups (broad SMARTS) is 1. The number of nitrogens with zero attached hydrogens (tertiary/aromatic N) is 2. The van der Waals surface area contributed by atoms with Crippen LogP contribution in [0.1, 0.15) is 25.8 Å². The summed E-state index contributed by atoms with van der Waals surface area (Å²) in [6.07, 6.45) is -0.0574. The van der Waals surface area contributed by atoms with Crippen LogP contribution in [-0.2, 0) is 21.2 Å². The van der Waals surface area contributed by atoms with Gasteiger partial charge in [0.1, 0.15) is 16.8 Å². The van der Waals surface area contributed by atoms with Crippen LogP contribution in [0.25, 0.3) is 0 Å². The molecule has 0 radical (unpaired) electrons. The zero-order valence-corrected chi connectivity index (χ0v) is 16.3. The highest BCUT2D eigenvalue weighted by Gasteiger charge is 2.48. The van der Waals surface area contributed by atoms with E-state index < -0.39 is 32.3 Å². The summed E-state index contributed by atoms with van der Waals surface area (Å²) in [7, 11) is -2.57. The molecule has 0 amide bonds. The average Bonchev–Trinajstić information content (AvgIpc) is 2.81. The molecule has 1 heterocycles. The van der Waals surface area contributed by atoms with Crippen molar-refractivity contribution in [1.82, 2.24) is 9.73 Å². The van der Waals surface area contributed by atoms with Crippen molar-refractivity contribution in [1.29, 1.82) is 0 Å². The van der Waals surface area contributed by atoms with Gasteiger partial charge in [-0.05, 0) is 31.0 Å². The largest absolute Gasteiger partial charge is 0.508 e. The van der Waals surface area contributed by atoms with Crippen LogP contribution in [0.4, 0.5) is 0 Å². The molecule has 0 saturated heterocycles. The zero-order valence-electron chi connectivity index (χ0n) is 14.7. The van der Waals surface area contributed by atoms with Crippen molar-refractivity contribution < 1.29 is 23.4 Å². The number of carbonyl (C=O) groups is 1. The molecule has 3 atom stereocenters. The number of halogens is 1. The van der Waals surface area contributed by atoms with Gasteiger partial charge >= 0.3 is 5.97 Å². The van der Waals surface area contributed by atoms with Gasteiger partial charge in [-0.1, -0.05) is 30.7 Å². The van der Waals surface area contributed by atoms with Gasteiger partial charge in [0.2, 0.25) is 10.0 Å². The Morgan fingerprint density at radius 2 is 1.96 bits per heavy atom. The number of alkyl halides is 1. The predicted molar refractivity (Wildman–Crippen MR) is 98.8 cm³/mol. The highest BCUT2D eigenvalue weighted by Crippen LogP contribution is 2.27. The standard InChI is InChI=1S/C16H22ClN3O5S/c1-4-16(15(22)23,9-11-5-7-12(21)8-6-11)19-26(24,25)13-10(2)18-20(3)14(13)17/h5-8,13-14,19,21H,4,9H2,1-3H3,(H,22,23)/t13?,14?,16-/m0/s1. The number of aromatic hydroxyl groups is 1. The second-order valence-corrected chi connectivity index (χ2v) is 8.59. The summed E-state index contributed by atoms with van der Waals surface area (Å²) in [5.74, 6) is -1.25. The first kappa shape index (κ1) is 20.5. The Hall–Kier alpha value is -1.84. The molecule has 0 fully saturated rings. The molecule has 3 N–H and O–H groups in total. The van der Waals surface area contributed by atoms with Crippen LogP contribution in [0.2, 0.25) is 0 Å². The first-order chi connectivity index (χ1) is 12.0. The molecule has 2 rings (SSSR count). The van der Waals surface area contributed by atoms with Gasteiger partial charge in [-0.15, -0.1) is 0 Å².